The third-order valence-corrected chi connectivity index (χ3v) is 6.46. The zero-order valence-electron chi connectivity index (χ0n) is 22.8. The van der Waals surface area contributed by atoms with Crippen LogP contribution in [0.4, 0.5) is 4.79 Å². The van der Waals surface area contributed by atoms with Crippen molar-refractivity contribution in [3.05, 3.63) is 101 Å². The summed E-state index contributed by atoms with van der Waals surface area (Å²) in [6, 6.07) is 23.4. The lowest BCUT2D eigenvalue weighted by Crippen LogP contribution is -2.39. The van der Waals surface area contributed by atoms with E-state index in [0.717, 1.165) is 23.1 Å². The Morgan fingerprint density at radius 2 is 1.56 bits per heavy atom. The topological polar surface area (TPSA) is 111 Å². The van der Waals surface area contributed by atoms with E-state index in [-0.39, 0.29) is 24.3 Å². The number of ether oxygens (including phenoxy) is 2. The molecule has 0 spiro atoms. The summed E-state index contributed by atoms with van der Waals surface area (Å²) < 4.78 is 10.5. The molecule has 0 aliphatic carbocycles. The van der Waals surface area contributed by atoms with E-state index in [0.29, 0.717) is 30.7 Å². The van der Waals surface area contributed by atoms with Gasteiger partial charge in [0.05, 0.1) is 12.1 Å². The summed E-state index contributed by atoms with van der Waals surface area (Å²) >= 11 is 0. The number of hydrogen-bond donors (Lipinski definition) is 2. The highest BCUT2D eigenvalue weighted by Crippen LogP contribution is 2.20. The second-order valence-electron chi connectivity index (χ2n) is 9.66. The Bertz CT molecular complexity index is 1230. The van der Waals surface area contributed by atoms with Crippen LogP contribution in [0.2, 0.25) is 0 Å². The van der Waals surface area contributed by atoms with Crippen LogP contribution in [0.3, 0.4) is 0 Å². The summed E-state index contributed by atoms with van der Waals surface area (Å²) in [5.74, 6) is 0.0232. The number of benzene rings is 3. The van der Waals surface area contributed by atoms with Gasteiger partial charge >= 0.3 is 6.16 Å². The summed E-state index contributed by atoms with van der Waals surface area (Å²) in [5.41, 5.74) is 8.78. The lowest BCUT2D eigenvalue weighted by molar-refractivity contribution is -0.119. The predicted molar refractivity (Wildman–Crippen MR) is 151 cm³/mol. The third-order valence-electron chi connectivity index (χ3n) is 6.46. The number of Topliss-reactive ketones (excluding diaryl/α,β-unsaturated/α-hetero) is 1. The Hall–Kier alpha value is -4.01. The lowest BCUT2D eigenvalue weighted by Gasteiger charge is -2.24. The number of rotatable bonds is 14. The van der Waals surface area contributed by atoms with Gasteiger partial charge in [-0.3, -0.25) is 14.5 Å². The van der Waals surface area contributed by atoms with Crippen molar-refractivity contribution in [1.82, 2.24) is 10.2 Å². The molecule has 8 heteroatoms. The van der Waals surface area contributed by atoms with E-state index in [1.807, 2.05) is 85.7 Å². The Labute approximate surface area is 230 Å². The molecule has 0 unspecified atom stereocenters. The van der Waals surface area contributed by atoms with Gasteiger partial charge in [0.15, 0.2) is 5.78 Å². The molecule has 0 saturated heterocycles. The first-order chi connectivity index (χ1) is 18.7. The van der Waals surface area contributed by atoms with Gasteiger partial charge in [-0.05, 0) is 75.6 Å². The highest BCUT2D eigenvalue weighted by atomic mass is 16.7. The van der Waals surface area contributed by atoms with E-state index in [1.54, 1.807) is 19.1 Å². The predicted octanol–water partition coefficient (Wildman–Crippen LogP) is 4.15. The molecular formula is C31H37N3O5. The first-order valence-corrected chi connectivity index (χ1v) is 13.0. The molecule has 3 aromatic carbocycles. The Kier molecular flexibility index (Phi) is 11.2. The second kappa shape index (κ2) is 14.8. The average molecular weight is 532 g/mol. The van der Waals surface area contributed by atoms with Crippen LogP contribution >= 0.6 is 0 Å². The largest absolute Gasteiger partial charge is 0.514 e. The molecule has 39 heavy (non-hydrogen) atoms. The molecule has 3 aromatic rings. The molecule has 3 N–H and O–H groups in total. The highest BCUT2D eigenvalue weighted by molar-refractivity contribution is 6.01. The molecular weight excluding hydrogens is 494 g/mol. The lowest BCUT2D eigenvalue weighted by atomic mass is 9.92. The van der Waals surface area contributed by atoms with E-state index in [2.05, 4.69) is 5.32 Å². The van der Waals surface area contributed by atoms with Gasteiger partial charge in [0.1, 0.15) is 12.4 Å². The average Bonchev–Trinajstić information content (AvgIpc) is 2.94. The van der Waals surface area contributed by atoms with Gasteiger partial charge in [0, 0.05) is 5.56 Å². The first-order valence-electron chi connectivity index (χ1n) is 13.0. The van der Waals surface area contributed by atoms with E-state index >= 15 is 0 Å². The summed E-state index contributed by atoms with van der Waals surface area (Å²) in [6.45, 7) is 2.49. The third kappa shape index (κ3) is 9.35. The van der Waals surface area contributed by atoms with Crippen LogP contribution in [0.25, 0.3) is 0 Å². The van der Waals surface area contributed by atoms with E-state index < -0.39 is 12.2 Å². The SMILES string of the molecule is C[C@@H](NCCCc1ccccc1C(=O)[C@H](Cc1ccc(OC(=O)OCc2ccccc2)cc1)N(C)C)C(N)=O. The molecule has 0 aliphatic heterocycles. The number of carbonyl (C=O) groups is 3. The van der Waals surface area contributed by atoms with E-state index in [1.165, 1.54) is 0 Å². The van der Waals surface area contributed by atoms with Gasteiger partial charge < -0.3 is 20.5 Å². The fourth-order valence-corrected chi connectivity index (χ4v) is 4.12. The molecule has 0 radical (unpaired) electrons. The van der Waals surface area contributed by atoms with Crippen LogP contribution in [0.15, 0.2) is 78.9 Å². The van der Waals surface area contributed by atoms with Gasteiger partial charge in [-0.15, -0.1) is 0 Å². The number of ketones is 1. The van der Waals surface area contributed by atoms with Crippen molar-refractivity contribution < 1.29 is 23.9 Å². The minimum atomic E-state index is -0.774. The monoisotopic (exact) mass is 531 g/mol. The van der Waals surface area contributed by atoms with Crippen LogP contribution in [-0.4, -0.2) is 55.5 Å². The van der Waals surface area contributed by atoms with Crippen LogP contribution < -0.4 is 15.8 Å². The van der Waals surface area contributed by atoms with Crippen LogP contribution in [0.1, 0.15) is 40.4 Å². The van der Waals surface area contributed by atoms with Gasteiger partial charge in [-0.1, -0.05) is 66.7 Å². The maximum Gasteiger partial charge on any atom is 0.514 e. The molecule has 0 saturated carbocycles. The zero-order valence-corrected chi connectivity index (χ0v) is 22.8. The van der Waals surface area contributed by atoms with Crippen molar-refractivity contribution in [2.75, 3.05) is 20.6 Å². The molecule has 8 nitrogen and oxygen atoms in total. The highest BCUT2D eigenvalue weighted by Gasteiger charge is 2.24. The van der Waals surface area contributed by atoms with Gasteiger partial charge in [0.25, 0.3) is 0 Å². The number of primary amides is 1. The van der Waals surface area contributed by atoms with Gasteiger partial charge in [-0.2, -0.15) is 0 Å². The van der Waals surface area contributed by atoms with Gasteiger partial charge in [-0.25, -0.2) is 4.79 Å². The standard InChI is InChI=1S/C31H37N3O5/c1-22(30(32)36)33-19-9-13-25-12-7-8-14-27(25)29(35)28(34(2)3)20-23-15-17-26(18-16-23)39-31(37)38-21-24-10-5-4-6-11-24/h4-8,10-12,14-18,22,28,33H,9,13,19-21H2,1-3H3,(H2,32,36)/t22-,28+/m1/s1. The van der Waals surface area contributed by atoms with E-state index in [4.69, 9.17) is 15.2 Å². The number of nitrogens with one attached hydrogen (secondary N) is 1. The number of nitrogens with two attached hydrogens (primary N) is 1. The molecule has 0 heterocycles. The molecule has 2 atom stereocenters. The number of amides is 1. The smallest absolute Gasteiger partial charge is 0.429 e. The van der Waals surface area contributed by atoms with Crippen LogP contribution in [0, 0.1) is 0 Å². The van der Waals surface area contributed by atoms with Crippen molar-refractivity contribution in [2.24, 2.45) is 5.73 Å². The van der Waals surface area contributed by atoms with Crippen molar-refractivity contribution in [3.8, 4) is 5.75 Å². The number of hydrogen-bond acceptors (Lipinski definition) is 7. The molecule has 206 valence electrons. The van der Waals surface area contributed by atoms with Crippen molar-refractivity contribution in [2.45, 2.75) is 44.9 Å². The molecule has 0 fully saturated rings. The minimum Gasteiger partial charge on any atom is -0.429 e. The Morgan fingerprint density at radius 3 is 2.23 bits per heavy atom. The quantitative estimate of drug-likeness (QED) is 0.139. The van der Waals surface area contributed by atoms with Crippen LogP contribution in [-0.2, 0) is 29.0 Å². The Morgan fingerprint density at radius 1 is 0.897 bits per heavy atom. The Balaban J connectivity index is 1.59. The normalized spacial score (nSPS) is 12.5. The van der Waals surface area contributed by atoms with Crippen molar-refractivity contribution in [3.63, 3.8) is 0 Å². The maximum absolute atomic E-state index is 13.6. The fourth-order valence-electron chi connectivity index (χ4n) is 4.12. The number of nitrogens with zero attached hydrogens (tertiary/aromatic N) is 1. The molecule has 1 amide bonds. The molecule has 0 aromatic heterocycles. The summed E-state index contributed by atoms with van der Waals surface area (Å²) in [4.78, 5) is 38.8. The number of likely N-dealkylation sites (N-methyl/N-ethyl adjacent to an activating group) is 1. The second-order valence-corrected chi connectivity index (χ2v) is 9.66. The van der Waals surface area contributed by atoms with E-state index in [9.17, 15) is 14.4 Å². The maximum atomic E-state index is 13.6. The summed E-state index contributed by atoms with van der Waals surface area (Å²) in [6.07, 6.45) is 1.19. The van der Waals surface area contributed by atoms with Crippen molar-refractivity contribution >= 4 is 17.8 Å². The summed E-state index contributed by atoms with van der Waals surface area (Å²) in [7, 11) is 3.78. The van der Waals surface area contributed by atoms with Crippen molar-refractivity contribution in [1.29, 1.82) is 0 Å². The molecule has 0 bridgehead atoms. The molecule has 0 aliphatic rings. The summed E-state index contributed by atoms with van der Waals surface area (Å²) in [5, 5.41) is 3.10. The molecule has 3 rings (SSSR count). The minimum absolute atomic E-state index is 0.0406. The zero-order chi connectivity index (χ0) is 28.2. The van der Waals surface area contributed by atoms with Crippen LogP contribution in [0.5, 0.6) is 5.75 Å². The van der Waals surface area contributed by atoms with Gasteiger partial charge in [0.2, 0.25) is 5.91 Å². The number of aryl methyl sites for hydroxylation is 1. The first kappa shape index (κ1) is 29.5. The number of carbonyl (C=O) groups excluding carboxylic acids is 3. The fraction of sp³-hybridized carbons (Fsp3) is 0.323.